The zero-order valence-electron chi connectivity index (χ0n) is 55.1. The lowest BCUT2D eigenvalue weighted by Crippen LogP contribution is -1.94. The van der Waals surface area contributed by atoms with Gasteiger partial charge in [-0.05, 0) is 165 Å². The molecule has 0 amide bonds. The van der Waals surface area contributed by atoms with E-state index in [9.17, 15) is 0 Å². The lowest BCUT2D eigenvalue weighted by molar-refractivity contribution is 0.670. The molecule has 0 unspecified atom stereocenters. The second-order valence-corrected chi connectivity index (χ2v) is 27.7. The highest BCUT2D eigenvalue weighted by atomic mass is 32.1. The third-order valence-electron chi connectivity index (χ3n) is 21.0. The number of aromatic nitrogens is 3. The number of hydrogen-bond acceptors (Lipinski definition) is 3. The average Bonchev–Trinajstić information content (AvgIpc) is 1.57. The predicted molar refractivity (Wildman–Crippen MR) is 431 cm³/mol. The van der Waals surface area contributed by atoms with Crippen LogP contribution in [0.3, 0.4) is 0 Å². The minimum atomic E-state index is 0.906. The van der Waals surface area contributed by atoms with Crippen molar-refractivity contribution in [2.24, 2.45) is 0 Å². The van der Waals surface area contributed by atoms with Crippen molar-refractivity contribution in [2.45, 2.75) is 0 Å². The summed E-state index contributed by atoms with van der Waals surface area (Å²) in [5.74, 6) is 0. The van der Waals surface area contributed by atoms with Gasteiger partial charge in [-0.2, -0.15) is 0 Å². The van der Waals surface area contributed by atoms with Gasteiger partial charge in [0.25, 0.3) is 0 Å². The van der Waals surface area contributed by atoms with Crippen LogP contribution in [0.15, 0.2) is 367 Å². The van der Waals surface area contributed by atoms with Crippen LogP contribution in [0.1, 0.15) is 0 Å². The van der Waals surface area contributed by atoms with Crippen molar-refractivity contribution in [1.29, 1.82) is 0 Å². The Labute approximate surface area is 590 Å². The summed E-state index contributed by atoms with van der Waals surface area (Å²) in [4.78, 5) is 0. The van der Waals surface area contributed by atoms with Crippen LogP contribution in [0.2, 0.25) is 0 Å². The Morgan fingerprint density at radius 3 is 1.19 bits per heavy atom. The molecule has 0 bridgehead atoms. The van der Waals surface area contributed by atoms with Gasteiger partial charge in [-0.25, -0.2) is 0 Å². The molecule has 5 nitrogen and oxygen atoms in total. The van der Waals surface area contributed by atoms with Crippen LogP contribution < -0.4 is 0 Å². The molecule has 0 radical (unpaired) electrons. The predicted octanol–water partition coefficient (Wildman–Crippen LogP) is 27.2. The lowest BCUT2D eigenvalue weighted by atomic mass is 9.98. The fourth-order valence-electron chi connectivity index (χ4n) is 16.2. The molecular formula is C96H59N3O2S. The van der Waals surface area contributed by atoms with Gasteiger partial charge in [0.15, 0.2) is 11.2 Å². The quantitative estimate of drug-likeness (QED) is 0.152. The number of thiophene rings is 1. The van der Waals surface area contributed by atoms with Gasteiger partial charge in [-0.1, -0.05) is 249 Å². The molecule has 16 aromatic carbocycles. The Morgan fingerprint density at radius 1 is 0.206 bits per heavy atom. The van der Waals surface area contributed by atoms with E-state index in [1.807, 2.05) is 23.5 Å². The molecule has 0 aliphatic heterocycles. The van der Waals surface area contributed by atoms with Gasteiger partial charge in [0.1, 0.15) is 11.2 Å². The molecular weight excluding hydrogens is 1260 g/mol. The first-order chi connectivity index (χ1) is 50.6. The van der Waals surface area contributed by atoms with Crippen LogP contribution in [-0.2, 0) is 0 Å². The van der Waals surface area contributed by atoms with Crippen LogP contribution in [0, 0.1) is 0 Å². The molecule has 22 rings (SSSR count). The first kappa shape index (κ1) is 57.8. The zero-order chi connectivity index (χ0) is 66.9. The minimum absolute atomic E-state index is 0.906. The number of rotatable bonds is 8. The molecule has 0 aliphatic rings. The lowest BCUT2D eigenvalue weighted by Gasteiger charge is -2.11. The Morgan fingerprint density at radius 2 is 0.578 bits per heavy atom. The largest absolute Gasteiger partial charge is 0.454 e. The van der Waals surface area contributed by atoms with Crippen molar-refractivity contribution in [3.63, 3.8) is 0 Å². The van der Waals surface area contributed by atoms with E-state index in [0.717, 1.165) is 71.8 Å². The second kappa shape index (κ2) is 23.2. The highest BCUT2D eigenvalue weighted by molar-refractivity contribution is 7.26. The van der Waals surface area contributed by atoms with Crippen LogP contribution in [-0.4, -0.2) is 13.7 Å². The summed E-state index contributed by atoms with van der Waals surface area (Å²) in [5.41, 5.74) is 26.1. The summed E-state index contributed by atoms with van der Waals surface area (Å²) >= 11 is 1.88. The maximum atomic E-state index is 6.65. The SMILES string of the molecule is c1ccc(-c2ccc3c(c2)c2ccc4c5ccccc5oc4c2n3-c2ccc(-c3cccc(-c4cccc5c4sc4ccccc45)c3)cc2)cc1.c1ccc(-n2c3ccccc3c3cc(-c4ccc(-c5ccc(-n6c7ccccc7c7ccc8c9ccccc9oc8c76)cc5)cc4)ccc32)cc1. The summed E-state index contributed by atoms with van der Waals surface area (Å²) in [6.07, 6.45) is 0. The Balaban J connectivity index is 0.000000133. The summed E-state index contributed by atoms with van der Waals surface area (Å²) in [5, 5.41) is 14.5. The zero-order valence-corrected chi connectivity index (χ0v) is 55.9. The third kappa shape index (κ3) is 9.17. The Kier molecular flexibility index (Phi) is 13.1. The van der Waals surface area contributed by atoms with Gasteiger partial charge in [0, 0.05) is 91.1 Å². The second-order valence-electron chi connectivity index (χ2n) is 26.6. The van der Waals surface area contributed by atoms with E-state index in [4.69, 9.17) is 8.83 Å². The molecule has 0 saturated carbocycles. The average molecular weight is 1320 g/mol. The van der Waals surface area contributed by atoms with Crippen molar-refractivity contribution >= 4 is 141 Å². The summed E-state index contributed by atoms with van der Waals surface area (Å²) in [7, 11) is 0. The van der Waals surface area contributed by atoms with E-state index in [1.165, 1.54) is 130 Å². The van der Waals surface area contributed by atoms with Gasteiger partial charge < -0.3 is 22.5 Å². The topological polar surface area (TPSA) is 41.1 Å². The van der Waals surface area contributed by atoms with E-state index >= 15 is 0 Å². The summed E-state index contributed by atoms with van der Waals surface area (Å²) < 4.78 is 23.0. The fraction of sp³-hybridized carbons (Fsp3) is 0. The number of fused-ring (bicyclic) bond motifs is 20. The number of hydrogen-bond donors (Lipinski definition) is 0. The van der Waals surface area contributed by atoms with Gasteiger partial charge in [-0.15, -0.1) is 11.3 Å². The molecule has 0 spiro atoms. The number of furan rings is 2. The molecule has 22 aromatic rings. The van der Waals surface area contributed by atoms with Crippen LogP contribution in [0.4, 0.5) is 0 Å². The van der Waals surface area contributed by atoms with E-state index in [-0.39, 0.29) is 0 Å². The highest BCUT2D eigenvalue weighted by Gasteiger charge is 2.23. The van der Waals surface area contributed by atoms with Gasteiger partial charge in [-0.3, -0.25) is 0 Å². The van der Waals surface area contributed by atoms with E-state index in [0.29, 0.717) is 0 Å². The number of nitrogens with zero attached hydrogens (tertiary/aromatic N) is 3. The number of para-hydroxylation sites is 5. The van der Waals surface area contributed by atoms with E-state index < -0.39 is 0 Å². The molecule has 0 saturated heterocycles. The Hall–Kier alpha value is -13.3. The molecule has 476 valence electrons. The van der Waals surface area contributed by atoms with Crippen LogP contribution in [0.25, 0.3) is 202 Å². The maximum Gasteiger partial charge on any atom is 0.160 e. The highest BCUT2D eigenvalue weighted by Crippen LogP contribution is 2.46. The normalized spacial score (nSPS) is 11.9. The molecule has 0 N–H and O–H groups in total. The molecule has 0 aliphatic carbocycles. The smallest absolute Gasteiger partial charge is 0.160 e. The van der Waals surface area contributed by atoms with Crippen LogP contribution >= 0.6 is 11.3 Å². The van der Waals surface area contributed by atoms with Crippen molar-refractivity contribution in [3.8, 4) is 72.7 Å². The number of benzene rings is 16. The van der Waals surface area contributed by atoms with Gasteiger partial charge in [0.05, 0.1) is 33.1 Å². The monoisotopic (exact) mass is 1320 g/mol. The molecule has 6 aromatic heterocycles. The van der Waals surface area contributed by atoms with Crippen molar-refractivity contribution < 1.29 is 8.83 Å². The fourth-order valence-corrected chi connectivity index (χ4v) is 17.4. The van der Waals surface area contributed by atoms with Crippen molar-refractivity contribution in [1.82, 2.24) is 13.7 Å². The van der Waals surface area contributed by atoms with E-state index in [1.54, 1.807) is 0 Å². The first-order valence-electron chi connectivity index (χ1n) is 34.8. The van der Waals surface area contributed by atoms with Crippen LogP contribution in [0.5, 0.6) is 0 Å². The van der Waals surface area contributed by atoms with Gasteiger partial charge in [0.2, 0.25) is 0 Å². The standard InChI is InChI=1S/C48H30N2O.C48H29NOS/c1-2-10-35(11-3-1)49-43-15-7-5-13-38(43)42-30-34(24-29-45(42)49)33-20-18-31(19-21-33)32-22-25-36(26-23-32)50-44-16-8-4-12-37(44)40-27-28-41-39-14-6-9-17-46(39)51-48(41)47(40)50;1-2-10-30(11-3-1)33-22-27-43-42(29-33)39-25-26-40-37-14-4-6-18-44(37)50-47(40)46(39)49(43)35-23-20-31(21-24-35)32-12-8-13-34(28-32)36-16-9-17-41-38-15-5-7-19-45(38)51-48(36)41/h1-30H;1-29H. The summed E-state index contributed by atoms with van der Waals surface area (Å²) in [6.45, 7) is 0. The summed E-state index contributed by atoms with van der Waals surface area (Å²) in [6, 6.07) is 129. The maximum absolute atomic E-state index is 6.65. The Bertz CT molecular complexity index is 7090. The molecule has 6 heteroatoms. The molecule has 0 atom stereocenters. The molecule has 6 heterocycles. The first-order valence-corrected chi connectivity index (χ1v) is 35.6. The molecule has 0 fully saturated rings. The molecule has 102 heavy (non-hydrogen) atoms. The third-order valence-corrected chi connectivity index (χ3v) is 22.2. The minimum Gasteiger partial charge on any atom is -0.454 e. The van der Waals surface area contributed by atoms with Crippen molar-refractivity contribution in [3.05, 3.63) is 358 Å². The van der Waals surface area contributed by atoms with E-state index in [2.05, 4.69) is 359 Å². The van der Waals surface area contributed by atoms with Crippen molar-refractivity contribution in [2.75, 3.05) is 0 Å². The van der Waals surface area contributed by atoms with Gasteiger partial charge >= 0.3 is 0 Å².